The average molecular weight is 402 g/mol. The molecule has 0 spiro atoms. The van der Waals surface area contributed by atoms with Gasteiger partial charge in [0, 0.05) is 6.07 Å². The lowest BCUT2D eigenvalue weighted by Gasteiger charge is -2.08. The van der Waals surface area contributed by atoms with Gasteiger partial charge in [-0.1, -0.05) is 12.1 Å². The molecular weight excluding hydrogens is 384 g/mol. The van der Waals surface area contributed by atoms with Crippen molar-refractivity contribution in [2.45, 2.75) is 27.7 Å². The fourth-order valence-electron chi connectivity index (χ4n) is 3.81. The lowest BCUT2D eigenvalue weighted by atomic mass is 10.0. The highest BCUT2D eigenvalue weighted by molar-refractivity contribution is 6.04. The minimum atomic E-state index is -0.742. The summed E-state index contributed by atoms with van der Waals surface area (Å²) in [7, 11) is 0. The van der Waals surface area contributed by atoms with Crippen LogP contribution in [0.3, 0.4) is 0 Å². The Hall–Kier alpha value is -3.80. The fraction of sp³-hybridized carbons (Fsp3) is 0.167. The minimum Gasteiger partial charge on any atom is -0.506 e. The zero-order chi connectivity index (χ0) is 21.3. The molecule has 1 N–H and O–H groups in total. The molecule has 0 fully saturated rings. The van der Waals surface area contributed by atoms with Gasteiger partial charge in [-0.15, -0.1) is 0 Å². The van der Waals surface area contributed by atoms with Gasteiger partial charge in [-0.3, -0.25) is 0 Å². The topological polar surface area (TPSA) is 93.8 Å². The maximum Gasteiger partial charge on any atom is 0.351 e. The van der Waals surface area contributed by atoms with E-state index < -0.39 is 11.3 Å². The lowest BCUT2D eigenvalue weighted by molar-refractivity contribution is 0.467. The summed E-state index contributed by atoms with van der Waals surface area (Å²) in [4.78, 5) is 25.3. The first-order valence-electron chi connectivity index (χ1n) is 9.51. The van der Waals surface area contributed by atoms with Crippen LogP contribution in [0.25, 0.3) is 44.2 Å². The summed E-state index contributed by atoms with van der Waals surface area (Å²) in [6.07, 6.45) is 0. The van der Waals surface area contributed by atoms with Crippen molar-refractivity contribution < 1.29 is 18.4 Å². The van der Waals surface area contributed by atoms with Crippen LogP contribution in [0.2, 0.25) is 0 Å². The van der Waals surface area contributed by atoms with E-state index in [9.17, 15) is 14.7 Å². The molecule has 0 aliphatic carbocycles. The molecule has 3 heterocycles. The van der Waals surface area contributed by atoms with Gasteiger partial charge in [0.25, 0.3) is 0 Å². The van der Waals surface area contributed by atoms with Crippen molar-refractivity contribution in [1.29, 1.82) is 0 Å². The molecule has 0 amide bonds. The number of aromatic hydroxyl groups is 1. The first-order valence-corrected chi connectivity index (χ1v) is 9.51. The van der Waals surface area contributed by atoms with E-state index in [0.29, 0.717) is 27.5 Å². The Bertz CT molecular complexity index is 1630. The predicted octanol–water partition coefficient (Wildman–Crippen LogP) is 5.25. The van der Waals surface area contributed by atoms with Crippen LogP contribution in [0.4, 0.5) is 0 Å². The Kier molecular flexibility index (Phi) is 3.71. The number of hydrogen-bond acceptors (Lipinski definition) is 6. The van der Waals surface area contributed by atoms with Gasteiger partial charge < -0.3 is 18.4 Å². The van der Waals surface area contributed by atoms with Gasteiger partial charge in [0.2, 0.25) is 0 Å². The molecule has 3 aromatic heterocycles. The van der Waals surface area contributed by atoms with Gasteiger partial charge in [0.05, 0.1) is 10.8 Å². The van der Waals surface area contributed by atoms with E-state index >= 15 is 0 Å². The maximum atomic E-state index is 12.8. The van der Waals surface area contributed by atoms with Crippen LogP contribution in [0, 0.1) is 27.7 Å². The second-order valence-electron chi connectivity index (χ2n) is 7.62. The number of rotatable bonds is 1. The second kappa shape index (κ2) is 6.10. The van der Waals surface area contributed by atoms with Gasteiger partial charge in [-0.25, -0.2) is 9.59 Å². The number of benzene rings is 2. The van der Waals surface area contributed by atoms with Gasteiger partial charge in [0.15, 0.2) is 5.58 Å². The monoisotopic (exact) mass is 402 g/mol. The number of furan rings is 1. The molecule has 0 saturated carbocycles. The summed E-state index contributed by atoms with van der Waals surface area (Å²) in [5.41, 5.74) is 3.16. The van der Waals surface area contributed by atoms with Crippen LogP contribution in [-0.4, -0.2) is 5.11 Å². The van der Waals surface area contributed by atoms with Gasteiger partial charge in [-0.05, 0) is 62.1 Å². The van der Waals surface area contributed by atoms with Crippen LogP contribution in [0.15, 0.2) is 53.2 Å². The third-order valence-electron chi connectivity index (χ3n) is 5.88. The average Bonchev–Trinajstić information content (AvgIpc) is 3.14. The molecule has 6 nitrogen and oxygen atoms in total. The Balaban J connectivity index is 1.88. The zero-order valence-electron chi connectivity index (χ0n) is 16.9. The Morgan fingerprint density at radius 2 is 1.23 bits per heavy atom. The van der Waals surface area contributed by atoms with E-state index in [-0.39, 0.29) is 22.5 Å². The van der Waals surface area contributed by atoms with Crippen molar-refractivity contribution >= 4 is 32.9 Å². The molecule has 6 heteroatoms. The van der Waals surface area contributed by atoms with Crippen molar-refractivity contribution in [3.05, 3.63) is 73.4 Å². The third-order valence-corrected chi connectivity index (χ3v) is 5.88. The highest BCUT2D eigenvalue weighted by Gasteiger charge is 2.23. The van der Waals surface area contributed by atoms with E-state index in [1.54, 1.807) is 6.07 Å². The minimum absolute atomic E-state index is 0.0504. The number of aryl methyl sites for hydroxylation is 4. The van der Waals surface area contributed by atoms with Gasteiger partial charge >= 0.3 is 11.3 Å². The van der Waals surface area contributed by atoms with Crippen molar-refractivity contribution in [3.8, 4) is 17.1 Å². The van der Waals surface area contributed by atoms with Crippen molar-refractivity contribution in [1.82, 2.24) is 0 Å². The SMILES string of the molecule is Cc1ccc2c(O)c(-c3cc4c(=O)oc5c(C)c(C)ccc5c4o3)c(=O)oc2c1C. The Morgan fingerprint density at radius 1 is 0.667 bits per heavy atom. The molecule has 0 bridgehead atoms. The van der Waals surface area contributed by atoms with Crippen molar-refractivity contribution in [2.75, 3.05) is 0 Å². The molecule has 0 atom stereocenters. The standard InChI is InChI=1S/C24H18O6/c1-10-5-7-14-19(25)18(24(27)30-20(14)12(10)3)17-9-16-22(28-17)15-8-6-11(2)13(4)21(15)29-23(16)26/h5-9,25H,1-4H3. The molecule has 5 rings (SSSR count). The summed E-state index contributed by atoms with van der Waals surface area (Å²) >= 11 is 0. The van der Waals surface area contributed by atoms with E-state index in [1.165, 1.54) is 6.07 Å². The quantitative estimate of drug-likeness (QED) is 0.385. The first kappa shape index (κ1) is 18.2. The highest BCUT2D eigenvalue weighted by Crippen LogP contribution is 2.38. The molecule has 2 aromatic carbocycles. The van der Waals surface area contributed by atoms with E-state index in [0.717, 1.165) is 22.3 Å². The van der Waals surface area contributed by atoms with Gasteiger partial charge in [-0.2, -0.15) is 0 Å². The zero-order valence-corrected chi connectivity index (χ0v) is 16.9. The molecule has 150 valence electrons. The van der Waals surface area contributed by atoms with Crippen LogP contribution in [-0.2, 0) is 0 Å². The molecule has 0 unspecified atom stereocenters. The fourth-order valence-corrected chi connectivity index (χ4v) is 3.81. The number of hydrogen-bond donors (Lipinski definition) is 1. The molecule has 0 aliphatic rings. The van der Waals surface area contributed by atoms with E-state index in [2.05, 4.69) is 0 Å². The molecule has 30 heavy (non-hydrogen) atoms. The van der Waals surface area contributed by atoms with Crippen LogP contribution in [0.5, 0.6) is 5.75 Å². The largest absolute Gasteiger partial charge is 0.506 e. The third kappa shape index (κ3) is 2.37. The number of fused-ring (bicyclic) bond motifs is 4. The molecule has 0 radical (unpaired) electrons. The van der Waals surface area contributed by atoms with E-state index in [1.807, 2.05) is 45.9 Å². The Morgan fingerprint density at radius 3 is 1.90 bits per heavy atom. The predicted molar refractivity (Wildman–Crippen MR) is 114 cm³/mol. The Labute approximate surface area is 170 Å². The molecule has 0 aliphatic heterocycles. The molecular formula is C24H18O6. The van der Waals surface area contributed by atoms with E-state index in [4.69, 9.17) is 13.3 Å². The summed E-state index contributed by atoms with van der Waals surface area (Å²) in [6.45, 7) is 7.51. The molecule has 0 saturated heterocycles. The summed E-state index contributed by atoms with van der Waals surface area (Å²) in [5, 5.41) is 12.1. The second-order valence-corrected chi connectivity index (χ2v) is 7.62. The molecule has 5 aromatic rings. The summed E-state index contributed by atoms with van der Waals surface area (Å²) in [5.74, 6) is -0.196. The van der Waals surface area contributed by atoms with Gasteiger partial charge in [0.1, 0.15) is 33.6 Å². The smallest absolute Gasteiger partial charge is 0.351 e. The normalized spacial score (nSPS) is 11.7. The lowest BCUT2D eigenvalue weighted by Crippen LogP contribution is -2.04. The van der Waals surface area contributed by atoms with Crippen LogP contribution < -0.4 is 11.3 Å². The van der Waals surface area contributed by atoms with Crippen molar-refractivity contribution in [2.24, 2.45) is 0 Å². The summed E-state index contributed by atoms with van der Waals surface area (Å²) < 4.78 is 17.0. The van der Waals surface area contributed by atoms with Crippen molar-refractivity contribution in [3.63, 3.8) is 0 Å². The first-order chi connectivity index (χ1) is 14.3. The van der Waals surface area contributed by atoms with Crippen LogP contribution >= 0.6 is 0 Å². The summed E-state index contributed by atoms with van der Waals surface area (Å²) in [6, 6.07) is 8.66. The highest BCUT2D eigenvalue weighted by atomic mass is 16.4. The van der Waals surface area contributed by atoms with Crippen LogP contribution in [0.1, 0.15) is 22.3 Å². The maximum absolute atomic E-state index is 12.8.